The van der Waals surface area contributed by atoms with Gasteiger partial charge in [-0.05, 0) is 85.8 Å². The molecule has 3 nitrogen and oxygen atoms in total. The second-order valence-corrected chi connectivity index (χ2v) is 8.28. The Bertz CT molecular complexity index is 543. The molecule has 0 saturated heterocycles. The van der Waals surface area contributed by atoms with Crippen LogP contribution in [0.2, 0.25) is 0 Å². The average Bonchev–Trinajstić information content (AvgIpc) is 2.53. The lowest BCUT2D eigenvalue weighted by Gasteiger charge is -2.56. The molecule has 4 aliphatic carbocycles. The molecule has 0 aromatic heterocycles. The van der Waals surface area contributed by atoms with Gasteiger partial charge in [-0.2, -0.15) is 0 Å². The zero-order chi connectivity index (χ0) is 15.9. The molecule has 3 heteroatoms. The highest BCUT2D eigenvalue weighted by molar-refractivity contribution is 5.89. The average molecular weight is 312 g/mol. The van der Waals surface area contributed by atoms with E-state index in [1.54, 1.807) is 0 Å². The highest BCUT2D eigenvalue weighted by Crippen LogP contribution is 2.59. The van der Waals surface area contributed by atoms with Gasteiger partial charge in [0.1, 0.15) is 0 Å². The maximum atomic E-state index is 12.2. The van der Waals surface area contributed by atoms with E-state index in [0.717, 1.165) is 36.4 Å². The molecule has 4 saturated carbocycles. The minimum absolute atomic E-state index is 0.0509. The Morgan fingerprint density at radius 1 is 1.04 bits per heavy atom. The summed E-state index contributed by atoms with van der Waals surface area (Å²) in [5.41, 5.74) is 2.58. The van der Waals surface area contributed by atoms with Crippen molar-refractivity contribution in [2.24, 2.45) is 23.2 Å². The minimum Gasteiger partial charge on any atom is -0.337 e. The topological polar surface area (TPSA) is 41.1 Å². The summed E-state index contributed by atoms with van der Waals surface area (Å²) in [6.45, 7) is 3.00. The van der Waals surface area contributed by atoms with E-state index in [0.29, 0.717) is 5.41 Å². The fourth-order valence-corrected chi connectivity index (χ4v) is 5.77. The van der Waals surface area contributed by atoms with Crippen molar-refractivity contribution >= 4 is 11.7 Å². The number of hydrogen-bond donors (Lipinski definition) is 2. The molecule has 0 aliphatic heterocycles. The summed E-state index contributed by atoms with van der Waals surface area (Å²) in [5, 5.41) is 6.14. The molecule has 4 bridgehead atoms. The Labute approximate surface area is 139 Å². The van der Waals surface area contributed by atoms with Gasteiger partial charge < -0.3 is 10.6 Å². The summed E-state index contributed by atoms with van der Waals surface area (Å²) < 4.78 is 0. The summed E-state index contributed by atoms with van der Waals surface area (Å²) in [6.07, 6.45) is 9.40. The number of anilines is 1. The van der Waals surface area contributed by atoms with Crippen molar-refractivity contribution < 1.29 is 4.79 Å². The Balaban J connectivity index is 1.32. The number of benzene rings is 1. The first-order valence-electron chi connectivity index (χ1n) is 9.28. The molecule has 0 radical (unpaired) electrons. The molecule has 1 aromatic carbocycles. The quantitative estimate of drug-likeness (QED) is 0.839. The van der Waals surface area contributed by atoms with Crippen LogP contribution >= 0.6 is 0 Å². The Morgan fingerprint density at radius 2 is 1.61 bits per heavy atom. The molecule has 124 valence electrons. The summed E-state index contributed by atoms with van der Waals surface area (Å²) in [4.78, 5) is 12.2. The Hall–Kier alpha value is -1.51. The van der Waals surface area contributed by atoms with E-state index in [9.17, 15) is 4.79 Å². The van der Waals surface area contributed by atoms with Crippen molar-refractivity contribution in [3.8, 4) is 0 Å². The fourth-order valence-electron chi connectivity index (χ4n) is 5.77. The van der Waals surface area contributed by atoms with Crippen LogP contribution in [0.5, 0.6) is 0 Å². The van der Waals surface area contributed by atoms with E-state index < -0.39 is 0 Å². The van der Waals surface area contributed by atoms with E-state index >= 15 is 0 Å². The number of hydrogen-bond acceptors (Lipinski definition) is 1. The van der Waals surface area contributed by atoms with Crippen LogP contribution in [-0.2, 0) is 6.42 Å². The van der Waals surface area contributed by atoms with Gasteiger partial charge in [0.15, 0.2) is 0 Å². The second-order valence-electron chi connectivity index (χ2n) is 8.28. The van der Waals surface area contributed by atoms with Crippen molar-refractivity contribution in [2.45, 2.75) is 51.9 Å². The van der Waals surface area contributed by atoms with Crippen LogP contribution in [0, 0.1) is 23.2 Å². The Morgan fingerprint density at radius 3 is 2.13 bits per heavy atom. The van der Waals surface area contributed by atoms with Gasteiger partial charge in [-0.25, -0.2) is 4.79 Å². The van der Waals surface area contributed by atoms with Crippen LogP contribution in [0.4, 0.5) is 10.5 Å². The molecule has 23 heavy (non-hydrogen) atoms. The third kappa shape index (κ3) is 3.11. The third-order valence-corrected chi connectivity index (χ3v) is 6.41. The normalized spacial score (nSPS) is 34.4. The zero-order valence-electron chi connectivity index (χ0n) is 14.1. The first kappa shape index (κ1) is 15.0. The number of carbonyl (C=O) groups is 1. The monoisotopic (exact) mass is 312 g/mol. The Kier molecular flexibility index (Phi) is 3.82. The highest BCUT2D eigenvalue weighted by Gasteiger charge is 2.50. The van der Waals surface area contributed by atoms with Crippen molar-refractivity contribution in [2.75, 3.05) is 11.9 Å². The molecule has 5 rings (SSSR count). The van der Waals surface area contributed by atoms with Gasteiger partial charge in [0.05, 0.1) is 0 Å². The highest BCUT2D eigenvalue weighted by atomic mass is 16.2. The lowest BCUT2D eigenvalue weighted by molar-refractivity contribution is -0.0496. The van der Waals surface area contributed by atoms with E-state index in [-0.39, 0.29) is 6.03 Å². The summed E-state index contributed by atoms with van der Waals surface area (Å²) in [6, 6.07) is 8.08. The van der Waals surface area contributed by atoms with Gasteiger partial charge in [-0.3, -0.25) is 0 Å². The van der Waals surface area contributed by atoms with Crippen LogP contribution in [0.15, 0.2) is 24.3 Å². The molecule has 2 amide bonds. The van der Waals surface area contributed by atoms with E-state index in [1.165, 1.54) is 44.1 Å². The van der Waals surface area contributed by atoms with Gasteiger partial charge in [-0.1, -0.05) is 19.1 Å². The number of amides is 2. The number of nitrogens with one attached hydrogen (secondary N) is 2. The van der Waals surface area contributed by atoms with E-state index in [4.69, 9.17) is 0 Å². The van der Waals surface area contributed by atoms with E-state index in [1.807, 2.05) is 12.1 Å². The smallest absolute Gasteiger partial charge is 0.319 e. The lowest BCUT2D eigenvalue weighted by Crippen LogP contribution is -2.51. The van der Waals surface area contributed by atoms with Crippen LogP contribution < -0.4 is 10.6 Å². The van der Waals surface area contributed by atoms with Crippen LogP contribution in [0.1, 0.15) is 51.0 Å². The van der Waals surface area contributed by atoms with Gasteiger partial charge in [0, 0.05) is 12.2 Å². The van der Waals surface area contributed by atoms with E-state index in [2.05, 4.69) is 29.7 Å². The van der Waals surface area contributed by atoms with Crippen molar-refractivity contribution in [3.05, 3.63) is 29.8 Å². The fraction of sp³-hybridized carbons (Fsp3) is 0.650. The lowest BCUT2D eigenvalue weighted by atomic mass is 9.49. The molecular formula is C20H28N2O. The van der Waals surface area contributed by atoms with Gasteiger partial charge >= 0.3 is 6.03 Å². The molecule has 4 fully saturated rings. The summed E-state index contributed by atoms with van der Waals surface area (Å²) >= 11 is 0. The molecule has 4 aliphatic rings. The van der Waals surface area contributed by atoms with Crippen molar-refractivity contribution in [3.63, 3.8) is 0 Å². The van der Waals surface area contributed by atoms with Gasteiger partial charge in [0.2, 0.25) is 0 Å². The molecule has 0 unspecified atom stereocenters. The second kappa shape index (κ2) is 5.85. The first-order valence-corrected chi connectivity index (χ1v) is 9.28. The number of carbonyl (C=O) groups excluding carboxylic acids is 1. The zero-order valence-corrected chi connectivity index (χ0v) is 14.1. The number of aryl methyl sites for hydroxylation is 1. The molecule has 2 N–H and O–H groups in total. The molecule has 1 aromatic rings. The molecular weight excluding hydrogens is 284 g/mol. The number of rotatable bonds is 4. The standard InChI is InChI=1S/C20H28N2O/c1-2-14-3-5-18(6-4-14)22-19(23)21-13-20-10-15-7-16(11-20)9-17(8-15)12-20/h3-6,15-17H,2,7-13H2,1H3,(H2,21,22,23). The minimum atomic E-state index is -0.0509. The van der Waals surface area contributed by atoms with Crippen LogP contribution in [-0.4, -0.2) is 12.6 Å². The molecule has 0 spiro atoms. The maximum absolute atomic E-state index is 12.2. The molecule has 0 atom stereocenters. The van der Waals surface area contributed by atoms with Crippen molar-refractivity contribution in [1.82, 2.24) is 5.32 Å². The maximum Gasteiger partial charge on any atom is 0.319 e. The predicted octanol–water partition coefficient (Wildman–Crippen LogP) is 4.59. The summed E-state index contributed by atoms with van der Waals surface area (Å²) in [5.74, 6) is 2.81. The first-order chi connectivity index (χ1) is 11.1. The third-order valence-electron chi connectivity index (χ3n) is 6.41. The van der Waals surface area contributed by atoms with Crippen LogP contribution in [0.3, 0.4) is 0 Å². The molecule has 0 heterocycles. The van der Waals surface area contributed by atoms with Crippen molar-refractivity contribution in [1.29, 1.82) is 0 Å². The summed E-state index contributed by atoms with van der Waals surface area (Å²) in [7, 11) is 0. The van der Waals surface area contributed by atoms with Gasteiger partial charge in [0.25, 0.3) is 0 Å². The van der Waals surface area contributed by atoms with Crippen LogP contribution in [0.25, 0.3) is 0 Å². The van der Waals surface area contributed by atoms with Gasteiger partial charge in [-0.15, -0.1) is 0 Å². The number of urea groups is 1. The SMILES string of the molecule is CCc1ccc(NC(=O)NCC23CC4CC(CC(C4)C2)C3)cc1. The largest absolute Gasteiger partial charge is 0.337 e. The predicted molar refractivity (Wildman–Crippen MR) is 93.4 cm³/mol.